The molecule has 5 heteroatoms. The summed E-state index contributed by atoms with van der Waals surface area (Å²) in [7, 11) is 0. The largest absolute Gasteiger partial charge is 0.483 e. The van der Waals surface area contributed by atoms with E-state index in [9.17, 15) is 0 Å². The summed E-state index contributed by atoms with van der Waals surface area (Å²) in [6, 6.07) is 7.84. The Kier molecular flexibility index (Phi) is 4.52. The molecule has 0 fully saturated rings. The van der Waals surface area contributed by atoms with Crippen molar-refractivity contribution in [2.24, 2.45) is 5.73 Å². The van der Waals surface area contributed by atoms with Gasteiger partial charge in [0, 0.05) is 5.92 Å². The number of nitrogens with zero attached hydrogens (tertiary/aromatic N) is 2. The van der Waals surface area contributed by atoms with Crippen LogP contribution in [0.2, 0.25) is 0 Å². The van der Waals surface area contributed by atoms with Crippen molar-refractivity contribution in [2.75, 3.05) is 6.54 Å². The molecule has 102 valence electrons. The second-order valence-corrected chi connectivity index (χ2v) is 4.64. The smallest absolute Gasteiger partial charge is 0.264 e. The van der Waals surface area contributed by atoms with Crippen molar-refractivity contribution in [1.29, 1.82) is 0 Å². The van der Waals surface area contributed by atoms with E-state index in [1.807, 2.05) is 38.1 Å². The summed E-state index contributed by atoms with van der Waals surface area (Å²) in [5.74, 6) is 2.26. The van der Waals surface area contributed by atoms with Gasteiger partial charge in [-0.15, -0.1) is 0 Å². The van der Waals surface area contributed by atoms with Crippen molar-refractivity contribution in [1.82, 2.24) is 10.1 Å². The molecule has 1 aromatic carbocycles. The number of nitrogens with two attached hydrogens (primary N) is 1. The van der Waals surface area contributed by atoms with Gasteiger partial charge >= 0.3 is 0 Å². The van der Waals surface area contributed by atoms with Crippen molar-refractivity contribution in [3.8, 4) is 5.75 Å². The van der Waals surface area contributed by atoms with Gasteiger partial charge in [-0.25, -0.2) is 0 Å². The van der Waals surface area contributed by atoms with Crippen molar-refractivity contribution >= 4 is 0 Å². The molecule has 2 rings (SSSR count). The molecule has 0 aliphatic rings. The maximum atomic E-state index is 5.72. The molecule has 0 saturated heterocycles. The third-order valence-electron chi connectivity index (χ3n) is 2.74. The molecule has 2 N–H and O–H groups in total. The van der Waals surface area contributed by atoms with E-state index >= 15 is 0 Å². The molecule has 1 aromatic heterocycles. The first kappa shape index (κ1) is 13.5. The Bertz CT molecular complexity index is 523. The Labute approximate surface area is 112 Å². The average Bonchev–Trinajstić information content (AvgIpc) is 2.87. The summed E-state index contributed by atoms with van der Waals surface area (Å²) in [5, 5.41) is 3.90. The summed E-state index contributed by atoms with van der Waals surface area (Å²) < 4.78 is 10.9. The summed E-state index contributed by atoms with van der Waals surface area (Å²) in [6.07, 6.45) is 0.789. The van der Waals surface area contributed by atoms with Crippen LogP contribution >= 0.6 is 0 Å². The van der Waals surface area contributed by atoms with Gasteiger partial charge in [-0.05, 0) is 24.6 Å². The third-order valence-corrected chi connectivity index (χ3v) is 2.74. The van der Waals surface area contributed by atoms with Crippen LogP contribution < -0.4 is 10.5 Å². The lowest BCUT2D eigenvalue weighted by atomic mass is 10.1. The van der Waals surface area contributed by atoms with Crippen LogP contribution in [0.25, 0.3) is 0 Å². The van der Waals surface area contributed by atoms with Crippen LogP contribution in [0, 0.1) is 0 Å². The van der Waals surface area contributed by atoms with Crippen LogP contribution in [0.5, 0.6) is 5.75 Å². The van der Waals surface area contributed by atoms with Gasteiger partial charge in [-0.3, -0.25) is 0 Å². The molecule has 1 heterocycles. The highest BCUT2D eigenvalue weighted by Gasteiger charge is 2.10. The first-order chi connectivity index (χ1) is 9.20. The molecule has 0 bridgehead atoms. The summed E-state index contributed by atoms with van der Waals surface area (Å²) in [5.41, 5.74) is 6.67. The second-order valence-electron chi connectivity index (χ2n) is 4.64. The van der Waals surface area contributed by atoms with Crippen LogP contribution in [-0.4, -0.2) is 16.7 Å². The zero-order valence-corrected chi connectivity index (χ0v) is 11.3. The van der Waals surface area contributed by atoms with E-state index in [0.717, 1.165) is 17.7 Å². The lowest BCUT2D eigenvalue weighted by Gasteiger charge is -2.08. The van der Waals surface area contributed by atoms with E-state index in [-0.39, 0.29) is 12.5 Å². The molecule has 0 amide bonds. The van der Waals surface area contributed by atoms with Crippen LogP contribution in [0.1, 0.15) is 37.0 Å². The molecule has 0 aliphatic carbocycles. The van der Waals surface area contributed by atoms with E-state index in [1.54, 1.807) is 0 Å². The molecule has 0 spiro atoms. The summed E-state index contributed by atoms with van der Waals surface area (Å²) in [4.78, 5) is 4.27. The quantitative estimate of drug-likeness (QED) is 0.863. The molecular weight excluding hydrogens is 242 g/mol. The SMILES string of the molecule is CC(C)c1noc(COc2ccccc2CCN)n1. The molecule has 0 radical (unpaired) electrons. The van der Waals surface area contributed by atoms with E-state index in [2.05, 4.69) is 10.1 Å². The second kappa shape index (κ2) is 6.33. The Balaban J connectivity index is 2.01. The van der Waals surface area contributed by atoms with Crippen LogP contribution in [0.15, 0.2) is 28.8 Å². The number of hydrogen-bond acceptors (Lipinski definition) is 5. The van der Waals surface area contributed by atoms with Gasteiger partial charge in [0.05, 0.1) is 0 Å². The van der Waals surface area contributed by atoms with Gasteiger partial charge in [0.2, 0.25) is 0 Å². The minimum Gasteiger partial charge on any atom is -0.483 e. The molecule has 0 unspecified atom stereocenters. The van der Waals surface area contributed by atoms with Crippen molar-refractivity contribution < 1.29 is 9.26 Å². The molecule has 19 heavy (non-hydrogen) atoms. The average molecular weight is 261 g/mol. The van der Waals surface area contributed by atoms with Crippen LogP contribution in [0.4, 0.5) is 0 Å². The molecule has 0 atom stereocenters. The lowest BCUT2D eigenvalue weighted by molar-refractivity contribution is 0.240. The van der Waals surface area contributed by atoms with Crippen molar-refractivity contribution in [3.63, 3.8) is 0 Å². The number of para-hydroxylation sites is 1. The van der Waals surface area contributed by atoms with E-state index in [0.29, 0.717) is 18.3 Å². The molecule has 0 aliphatic heterocycles. The molecule has 5 nitrogen and oxygen atoms in total. The Morgan fingerprint density at radius 2 is 2.11 bits per heavy atom. The van der Waals surface area contributed by atoms with Crippen LogP contribution in [-0.2, 0) is 13.0 Å². The number of aromatic nitrogens is 2. The zero-order chi connectivity index (χ0) is 13.7. The highest BCUT2D eigenvalue weighted by molar-refractivity contribution is 5.33. The van der Waals surface area contributed by atoms with Gasteiger partial charge in [0.25, 0.3) is 5.89 Å². The minimum atomic E-state index is 0.252. The number of ether oxygens (including phenoxy) is 1. The Morgan fingerprint density at radius 3 is 2.79 bits per heavy atom. The van der Waals surface area contributed by atoms with Crippen LogP contribution in [0.3, 0.4) is 0 Å². The lowest BCUT2D eigenvalue weighted by Crippen LogP contribution is -2.05. The summed E-state index contributed by atoms with van der Waals surface area (Å²) in [6.45, 7) is 4.91. The minimum absolute atomic E-state index is 0.252. The first-order valence-corrected chi connectivity index (χ1v) is 6.44. The zero-order valence-electron chi connectivity index (χ0n) is 11.3. The van der Waals surface area contributed by atoms with Gasteiger partial charge in [-0.2, -0.15) is 4.98 Å². The Morgan fingerprint density at radius 1 is 1.32 bits per heavy atom. The number of rotatable bonds is 6. The number of hydrogen-bond donors (Lipinski definition) is 1. The summed E-state index contributed by atoms with van der Waals surface area (Å²) >= 11 is 0. The fourth-order valence-corrected chi connectivity index (χ4v) is 1.71. The normalized spacial score (nSPS) is 10.9. The predicted molar refractivity (Wildman–Crippen MR) is 71.9 cm³/mol. The van der Waals surface area contributed by atoms with E-state index in [1.165, 1.54) is 0 Å². The molecular formula is C14H19N3O2. The number of benzene rings is 1. The van der Waals surface area contributed by atoms with Gasteiger partial charge in [-0.1, -0.05) is 37.2 Å². The maximum Gasteiger partial charge on any atom is 0.264 e. The maximum absolute atomic E-state index is 5.72. The molecule has 2 aromatic rings. The fourth-order valence-electron chi connectivity index (χ4n) is 1.71. The van der Waals surface area contributed by atoms with E-state index < -0.39 is 0 Å². The first-order valence-electron chi connectivity index (χ1n) is 6.44. The standard InChI is InChI=1S/C14H19N3O2/c1-10(2)14-16-13(19-17-14)9-18-12-6-4-3-5-11(12)7-8-15/h3-6,10H,7-9,15H2,1-2H3. The van der Waals surface area contributed by atoms with Crippen molar-refractivity contribution in [2.45, 2.75) is 32.8 Å². The monoisotopic (exact) mass is 261 g/mol. The highest BCUT2D eigenvalue weighted by atomic mass is 16.5. The molecule has 0 saturated carbocycles. The van der Waals surface area contributed by atoms with Gasteiger partial charge in [0.1, 0.15) is 5.75 Å². The van der Waals surface area contributed by atoms with Gasteiger partial charge in [0.15, 0.2) is 12.4 Å². The van der Waals surface area contributed by atoms with E-state index in [4.69, 9.17) is 15.0 Å². The third kappa shape index (κ3) is 3.54. The predicted octanol–water partition coefficient (Wildman–Crippen LogP) is 2.27. The Hall–Kier alpha value is -1.88. The van der Waals surface area contributed by atoms with Crippen molar-refractivity contribution in [3.05, 3.63) is 41.5 Å². The topological polar surface area (TPSA) is 74.2 Å². The highest BCUT2D eigenvalue weighted by Crippen LogP contribution is 2.19. The fraction of sp³-hybridized carbons (Fsp3) is 0.429. The van der Waals surface area contributed by atoms with Gasteiger partial charge < -0.3 is 15.0 Å².